The van der Waals surface area contributed by atoms with E-state index in [2.05, 4.69) is 5.32 Å². The zero-order chi connectivity index (χ0) is 27.8. The minimum absolute atomic E-state index is 0.0547. The van der Waals surface area contributed by atoms with E-state index in [4.69, 9.17) is 30.8 Å². The molecule has 1 saturated heterocycles. The van der Waals surface area contributed by atoms with Gasteiger partial charge in [-0.15, -0.1) is 0 Å². The van der Waals surface area contributed by atoms with Crippen LogP contribution in [0.4, 0.5) is 11.4 Å². The van der Waals surface area contributed by atoms with Gasteiger partial charge < -0.3 is 19.5 Å². The largest absolute Gasteiger partial charge is 0.494 e. The van der Waals surface area contributed by atoms with E-state index < -0.39 is 5.25 Å². The first kappa shape index (κ1) is 28.3. The summed E-state index contributed by atoms with van der Waals surface area (Å²) in [6.07, 6.45) is 0.619. The predicted octanol–water partition coefficient (Wildman–Crippen LogP) is 5.96. The van der Waals surface area contributed by atoms with Crippen LogP contribution >= 0.6 is 23.4 Å². The van der Waals surface area contributed by atoms with E-state index in [-0.39, 0.29) is 18.2 Å². The Labute approximate surface area is 237 Å². The third-order valence-corrected chi connectivity index (χ3v) is 7.43. The zero-order valence-corrected chi connectivity index (χ0v) is 23.6. The number of hydrogen-bond acceptors (Lipinski definition) is 7. The van der Waals surface area contributed by atoms with Crippen molar-refractivity contribution >= 4 is 51.7 Å². The topological polar surface area (TPSA) is 89.5 Å². The second-order valence-electron chi connectivity index (χ2n) is 8.61. The van der Waals surface area contributed by atoms with Crippen LogP contribution in [0, 0.1) is 0 Å². The molecule has 1 aliphatic rings. The summed E-state index contributed by atoms with van der Waals surface area (Å²) in [7, 11) is 3.17. The van der Waals surface area contributed by atoms with Crippen LogP contribution in [0.15, 0.2) is 71.7 Å². The van der Waals surface area contributed by atoms with Gasteiger partial charge in [0.15, 0.2) is 16.7 Å². The van der Waals surface area contributed by atoms with Gasteiger partial charge in [0.1, 0.15) is 11.0 Å². The van der Waals surface area contributed by atoms with E-state index in [0.29, 0.717) is 52.6 Å². The molecule has 1 aliphatic heterocycles. The second kappa shape index (κ2) is 13.4. The quantitative estimate of drug-likeness (QED) is 0.325. The molecule has 2 amide bonds. The zero-order valence-electron chi connectivity index (χ0n) is 22.0. The van der Waals surface area contributed by atoms with Crippen LogP contribution in [0.3, 0.4) is 0 Å². The maximum atomic E-state index is 13.3. The lowest BCUT2D eigenvalue weighted by Gasteiger charge is -2.32. The van der Waals surface area contributed by atoms with Crippen molar-refractivity contribution in [3.8, 4) is 17.2 Å². The van der Waals surface area contributed by atoms with Gasteiger partial charge in [0, 0.05) is 23.7 Å². The lowest BCUT2D eigenvalue weighted by molar-refractivity contribution is -0.129. The molecule has 204 valence electrons. The average molecular weight is 568 g/mol. The number of benzene rings is 3. The van der Waals surface area contributed by atoms with Crippen LogP contribution in [0.1, 0.15) is 18.9 Å². The molecule has 0 aliphatic carbocycles. The van der Waals surface area contributed by atoms with Gasteiger partial charge in [0.05, 0.1) is 26.5 Å². The molecule has 0 aromatic heterocycles. The van der Waals surface area contributed by atoms with Crippen LogP contribution in [0.5, 0.6) is 17.2 Å². The van der Waals surface area contributed by atoms with Crippen molar-refractivity contribution in [2.75, 3.05) is 32.7 Å². The molecule has 39 heavy (non-hydrogen) atoms. The van der Waals surface area contributed by atoms with Crippen LogP contribution < -0.4 is 19.5 Å². The van der Waals surface area contributed by atoms with Gasteiger partial charge in [-0.2, -0.15) is 0 Å². The number of amidine groups is 1. The summed E-state index contributed by atoms with van der Waals surface area (Å²) in [4.78, 5) is 32.9. The fourth-order valence-corrected chi connectivity index (χ4v) is 5.24. The van der Waals surface area contributed by atoms with Crippen molar-refractivity contribution in [2.24, 2.45) is 4.99 Å². The molecule has 1 fully saturated rings. The van der Waals surface area contributed by atoms with Gasteiger partial charge in [0.25, 0.3) is 0 Å². The molecule has 4 rings (SSSR count). The van der Waals surface area contributed by atoms with Crippen molar-refractivity contribution in [1.29, 1.82) is 0 Å². The number of amides is 2. The Bertz CT molecular complexity index is 1330. The molecule has 1 unspecified atom stereocenters. The molecule has 3 aromatic rings. The fraction of sp³-hybridized carbons (Fsp3) is 0.276. The summed E-state index contributed by atoms with van der Waals surface area (Å²) >= 11 is 7.31. The van der Waals surface area contributed by atoms with Crippen LogP contribution in [-0.4, -0.2) is 54.5 Å². The van der Waals surface area contributed by atoms with Gasteiger partial charge in [-0.25, -0.2) is 4.99 Å². The lowest BCUT2D eigenvalue weighted by Crippen LogP contribution is -2.46. The molecule has 8 nitrogen and oxygen atoms in total. The molecular formula is C29H30ClN3O5S. The molecule has 0 spiro atoms. The number of halogens is 1. The number of ether oxygens (including phenoxy) is 3. The number of nitrogens with one attached hydrogen (secondary N) is 1. The summed E-state index contributed by atoms with van der Waals surface area (Å²) in [5, 5.41) is 3.32. The maximum absolute atomic E-state index is 13.3. The highest BCUT2D eigenvalue weighted by Gasteiger charge is 2.36. The van der Waals surface area contributed by atoms with Crippen molar-refractivity contribution < 1.29 is 23.8 Å². The molecule has 0 radical (unpaired) electrons. The first-order chi connectivity index (χ1) is 18.9. The van der Waals surface area contributed by atoms with Crippen LogP contribution in [-0.2, 0) is 16.0 Å². The Hall–Kier alpha value is -3.69. The van der Waals surface area contributed by atoms with Gasteiger partial charge >= 0.3 is 0 Å². The number of anilines is 1. The smallest absolute Gasteiger partial charge is 0.238 e. The fourth-order valence-electron chi connectivity index (χ4n) is 3.99. The maximum Gasteiger partial charge on any atom is 0.238 e. The molecule has 3 aromatic carbocycles. The number of methoxy groups -OCH3 is 2. The van der Waals surface area contributed by atoms with Crippen molar-refractivity contribution in [1.82, 2.24) is 4.90 Å². The Morgan fingerprint density at radius 1 is 1.05 bits per heavy atom. The van der Waals surface area contributed by atoms with Gasteiger partial charge in [-0.1, -0.05) is 29.4 Å². The number of carbonyl (C=O) groups excluding carboxylic acids is 2. The normalized spacial score (nSPS) is 16.2. The highest BCUT2D eigenvalue weighted by molar-refractivity contribution is 8.15. The van der Waals surface area contributed by atoms with E-state index in [1.807, 2.05) is 25.1 Å². The summed E-state index contributed by atoms with van der Waals surface area (Å²) < 4.78 is 16.2. The van der Waals surface area contributed by atoms with Crippen LogP contribution in [0.25, 0.3) is 0 Å². The van der Waals surface area contributed by atoms with Gasteiger partial charge in [0.2, 0.25) is 11.8 Å². The molecule has 1 atom stereocenters. The predicted molar refractivity (Wildman–Crippen MR) is 156 cm³/mol. The van der Waals surface area contributed by atoms with E-state index in [1.165, 1.54) is 11.8 Å². The average Bonchev–Trinajstić information content (AvgIpc) is 2.94. The molecule has 10 heteroatoms. The minimum Gasteiger partial charge on any atom is -0.494 e. The minimum atomic E-state index is -0.632. The summed E-state index contributed by atoms with van der Waals surface area (Å²) in [6, 6.07) is 19.8. The molecular weight excluding hydrogens is 538 g/mol. The van der Waals surface area contributed by atoms with Crippen LogP contribution in [0.2, 0.25) is 5.02 Å². The third kappa shape index (κ3) is 7.46. The number of aliphatic imine (C=N–C) groups is 1. The summed E-state index contributed by atoms with van der Waals surface area (Å²) in [5.41, 5.74) is 2.24. The highest BCUT2D eigenvalue weighted by Crippen LogP contribution is 2.32. The molecule has 1 N–H and O–H groups in total. The first-order valence-electron chi connectivity index (χ1n) is 12.5. The second-order valence-corrected chi connectivity index (χ2v) is 10.2. The van der Waals surface area contributed by atoms with E-state index in [0.717, 1.165) is 11.3 Å². The number of hydrogen-bond donors (Lipinski definition) is 1. The van der Waals surface area contributed by atoms with Crippen molar-refractivity contribution in [2.45, 2.75) is 25.0 Å². The Morgan fingerprint density at radius 3 is 2.44 bits per heavy atom. The summed E-state index contributed by atoms with van der Waals surface area (Å²) in [5.74, 6) is 1.54. The Kier molecular flexibility index (Phi) is 9.73. The van der Waals surface area contributed by atoms with Gasteiger partial charge in [-0.3, -0.25) is 14.5 Å². The number of rotatable bonds is 10. The lowest BCUT2D eigenvalue weighted by atomic mass is 10.1. The number of carbonyl (C=O) groups is 2. The van der Waals surface area contributed by atoms with Crippen molar-refractivity contribution in [3.05, 3.63) is 77.3 Å². The standard InChI is InChI=1S/C29H30ClN3O5S/c1-4-38-23-12-10-21(11-13-23)31-28(35)26-18-27(34)33(29(39-26)32-22-8-6-20(30)7-9-22)16-15-19-5-14-24(36-2)25(17-19)37-3/h5-14,17,26H,4,15-16,18H2,1-3H3,(H,31,35). The number of nitrogens with zero attached hydrogens (tertiary/aromatic N) is 2. The van der Waals surface area contributed by atoms with E-state index in [9.17, 15) is 9.59 Å². The molecule has 0 saturated carbocycles. The Morgan fingerprint density at radius 2 is 1.77 bits per heavy atom. The highest BCUT2D eigenvalue weighted by atomic mass is 35.5. The Balaban J connectivity index is 1.52. The monoisotopic (exact) mass is 567 g/mol. The SMILES string of the molecule is CCOc1ccc(NC(=O)C2CC(=O)N(CCc3ccc(OC)c(OC)c3)C(=Nc3ccc(Cl)cc3)S2)cc1. The van der Waals surface area contributed by atoms with E-state index in [1.54, 1.807) is 67.7 Å². The van der Waals surface area contributed by atoms with E-state index >= 15 is 0 Å². The number of thioether (sulfide) groups is 1. The van der Waals surface area contributed by atoms with Gasteiger partial charge in [-0.05, 0) is 79.6 Å². The molecule has 1 heterocycles. The van der Waals surface area contributed by atoms with Crippen molar-refractivity contribution in [3.63, 3.8) is 0 Å². The summed E-state index contributed by atoms with van der Waals surface area (Å²) in [6.45, 7) is 2.86. The first-order valence-corrected chi connectivity index (χ1v) is 13.7. The third-order valence-electron chi connectivity index (χ3n) is 5.99. The molecule has 0 bridgehead atoms.